The number of rotatable bonds is 5. The number of benzene rings is 2. The Bertz CT molecular complexity index is 841. The van der Waals surface area contributed by atoms with Gasteiger partial charge in [-0.25, -0.2) is 9.18 Å². The first-order valence-corrected chi connectivity index (χ1v) is 9.20. The molecule has 2 aromatic rings. The van der Waals surface area contributed by atoms with Crippen LogP contribution in [0.5, 0.6) is 5.75 Å². The van der Waals surface area contributed by atoms with Crippen molar-refractivity contribution in [3.05, 3.63) is 65.0 Å². The second-order valence-electron chi connectivity index (χ2n) is 6.80. The molecule has 0 N–H and O–H groups in total. The maximum atomic E-state index is 14.4. The topological polar surface area (TPSA) is 44.8 Å². The maximum absolute atomic E-state index is 14.4. The lowest BCUT2D eigenvalue weighted by Gasteiger charge is -2.29. The van der Waals surface area contributed by atoms with E-state index in [0.29, 0.717) is 24.7 Å². The first kappa shape index (κ1) is 21.3. The van der Waals surface area contributed by atoms with E-state index in [1.54, 1.807) is 0 Å². The minimum absolute atomic E-state index is 0.118. The van der Waals surface area contributed by atoms with Gasteiger partial charge in [-0.15, -0.1) is 0 Å². The van der Waals surface area contributed by atoms with Gasteiger partial charge in [0, 0.05) is 11.5 Å². The second kappa shape index (κ2) is 8.92. The van der Waals surface area contributed by atoms with E-state index in [0.717, 1.165) is 43.2 Å². The highest BCUT2D eigenvalue weighted by atomic mass is 19.4. The summed E-state index contributed by atoms with van der Waals surface area (Å²) in [5.41, 5.74) is -0.779. The fourth-order valence-corrected chi connectivity index (χ4v) is 3.03. The van der Waals surface area contributed by atoms with Gasteiger partial charge in [-0.05, 0) is 42.8 Å². The van der Waals surface area contributed by atoms with Crippen molar-refractivity contribution in [3.8, 4) is 5.75 Å². The first-order chi connectivity index (χ1) is 13.8. The molecule has 156 valence electrons. The number of halogens is 4. The lowest BCUT2D eigenvalue weighted by atomic mass is 10.0. The molecule has 0 unspecified atom stereocenters. The summed E-state index contributed by atoms with van der Waals surface area (Å²) in [6, 6.07) is 7.44. The van der Waals surface area contributed by atoms with Gasteiger partial charge < -0.3 is 14.2 Å². The zero-order chi connectivity index (χ0) is 21.0. The molecule has 2 aromatic carbocycles. The van der Waals surface area contributed by atoms with Crippen molar-refractivity contribution >= 4 is 5.97 Å². The molecule has 8 heteroatoms. The SMILES string of the molecule is CCCC1COC(c2ccc(C(=O)Oc3ccc(C(F)(F)F)cc3)c(F)c2)OC1. The van der Waals surface area contributed by atoms with Gasteiger partial charge in [0.05, 0.1) is 24.3 Å². The average Bonchev–Trinajstić information content (AvgIpc) is 2.68. The van der Waals surface area contributed by atoms with E-state index in [9.17, 15) is 22.4 Å². The van der Waals surface area contributed by atoms with Crippen molar-refractivity contribution in [2.45, 2.75) is 32.2 Å². The second-order valence-corrected chi connectivity index (χ2v) is 6.80. The quantitative estimate of drug-likeness (QED) is 0.368. The predicted molar refractivity (Wildman–Crippen MR) is 95.8 cm³/mol. The Morgan fingerprint density at radius 3 is 2.31 bits per heavy atom. The molecule has 1 aliphatic rings. The van der Waals surface area contributed by atoms with Crippen LogP contribution < -0.4 is 4.74 Å². The fraction of sp³-hybridized carbons (Fsp3) is 0.381. The Labute approximate surface area is 165 Å². The van der Waals surface area contributed by atoms with Gasteiger partial charge in [-0.1, -0.05) is 19.4 Å². The summed E-state index contributed by atoms with van der Waals surface area (Å²) in [7, 11) is 0. The van der Waals surface area contributed by atoms with E-state index in [-0.39, 0.29) is 11.3 Å². The highest BCUT2D eigenvalue weighted by Gasteiger charge is 2.30. The van der Waals surface area contributed by atoms with Crippen LogP contribution in [0.4, 0.5) is 17.6 Å². The monoisotopic (exact) mass is 412 g/mol. The number of esters is 1. The molecule has 29 heavy (non-hydrogen) atoms. The molecule has 0 aliphatic carbocycles. The van der Waals surface area contributed by atoms with Crippen LogP contribution >= 0.6 is 0 Å². The lowest BCUT2D eigenvalue weighted by molar-refractivity contribution is -0.206. The Kier molecular flexibility index (Phi) is 6.54. The number of hydrogen-bond acceptors (Lipinski definition) is 4. The molecule has 0 aromatic heterocycles. The Hall–Kier alpha value is -2.45. The van der Waals surface area contributed by atoms with Gasteiger partial charge >= 0.3 is 12.1 Å². The summed E-state index contributed by atoms with van der Waals surface area (Å²) in [5, 5.41) is 0. The first-order valence-electron chi connectivity index (χ1n) is 9.20. The lowest BCUT2D eigenvalue weighted by Crippen LogP contribution is -2.27. The third kappa shape index (κ3) is 5.33. The van der Waals surface area contributed by atoms with Gasteiger partial charge in [-0.2, -0.15) is 13.2 Å². The predicted octanol–water partition coefficient (Wildman–Crippen LogP) is 5.53. The molecular formula is C21H20F4O4. The highest BCUT2D eigenvalue weighted by molar-refractivity contribution is 5.91. The van der Waals surface area contributed by atoms with Crippen LogP contribution in [0.1, 0.15) is 47.5 Å². The molecule has 0 bridgehead atoms. The molecule has 1 aliphatic heterocycles. The number of ether oxygens (including phenoxy) is 3. The largest absolute Gasteiger partial charge is 0.423 e. The minimum Gasteiger partial charge on any atom is -0.423 e. The number of hydrogen-bond donors (Lipinski definition) is 0. The van der Waals surface area contributed by atoms with Crippen molar-refractivity contribution in [1.29, 1.82) is 0 Å². The molecule has 0 amide bonds. The zero-order valence-electron chi connectivity index (χ0n) is 15.7. The van der Waals surface area contributed by atoms with Crippen LogP contribution in [0.2, 0.25) is 0 Å². The highest BCUT2D eigenvalue weighted by Crippen LogP contribution is 2.31. The van der Waals surface area contributed by atoms with Crippen LogP contribution in [-0.2, 0) is 15.7 Å². The maximum Gasteiger partial charge on any atom is 0.416 e. The van der Waals surface area contributed by atoms with Crippen LogP contribution in [0, 0.1) is 11.7 Å². The number of carbonyl (C=O) groups is 1. The molecule has 0 saturated carbocycles. The molecule has 0 atom stereocenters. The van der Waals surface area contributed by atoms with Crippen molar-refractivity contribution in [2.24, 2.45) is 5.92 Å². The number of carbonyl (C=O) groups excluding carboxylic acids is 1. The summed E-state index contributed by atoms with van der Waals surface area (Å²) in [5.74, 6) is -1.66. The van der Waals surface area contributed by atoms with Gasteiger partial charge in [0.15, 0.2) is 6.29 Å². The molecule has 0 spiro atoms. The van der Waals surface area contributed by atoms with E-state index in [4.69, 9.17) is 14.2 Å². The molecule has 0 radical (unpaired) electrons. The van der Waals surface area contributed by atoms with Gasteiger partial charge in [0.2, 0.25) is 0 Å². The van der Waals surface area contributed by atoms with Gasteiger partial charge in [-0.3, -0.25) is 0 Å². The Balaban J connectivity index is 1.65. The summed E-state index contributed by atoms with van der Waals surface area (Å²) in [6.45, 7) is 3.10. The van der Waals surface area contributed by atoms with Crippen LogP contribution in [-0.4, -0.2) is 19.2 Å². The third-order valence-electron chi connectivity index (χ3n) is 4.54. The van der Waals surface area contributed by atoms with E-state index in [2.05, 4.69) is 6.92 Å². The van der Waals surface area contributed by atoms with Crippen molar-refractivity contribution in [2.75, 3.05) is 13.2 Å². The molecule has 3 rings (SSSR count). The summed E-state index contributed by atoms with van der Waals surface area (Å²) >= 11 is 0. The van der Waals surface area contributed by atoms with Gasteiger partial charge in [0.25, 0.3) is 0 Å². The summed E-state index contributed by atoms with van der Waals surface area (Å²) in [6.07, 6.45) is -3.20. The Morgan fingerprint density at radius 2 is 1.76 bits per heavy atom. The minimum atomic E-state index is -4.50. The standard InChI is InChI=1S/C21H20F4O4/c1-2-3-13-11-27-20(28-12-13)14-4-9-17(18(22)10-14)19(26)29-16-7-5-15(6-8-16)21(23,24)25/h4-10,13,20H,2-3,11-12H2,1H3. The van der Waals surface area contributed by atoms with E-state index < -0.39 is 29.8 Å². The van der Waals surface area contributed by atoms with Crippen molar-refractivity contribution in [3.63, 3.8) is 0 Å². The van der Waals surface area contributed by atoms with Gasteiger partial charge in [0.1, 0.15) is 11.6 Å². The van der Waals surface area contributed by atoms with Crippen molar-refractivity contribution < 1.29 is 36.6 Å². The average molecular weight is 412 g/mol. The number of alkyl halides is 3. The van der Waals surface area contributed by atoms with E-state index in [1.807, 2.05) is 0 Å². The van der Waals surface area contributed by atoms with Crippen LogP contribution in [0.25, 0.3) is 0 Å². The van der Waals surface area contributed by atoms with Crippen LogP contribution in [0.3, 0.4) is 0 Å². The van der Waals surface area contributed by atoms with Crippen LogP contribution in [0.15, 0.2) is 42.5 Å². The molecule has 1 saturated heterocycles. The molecule has 4 nitrogen and oxygen atoms in total. The van der Waals surface area contributed by atoms with Crippen molar-refractivity contribution in [1.82, 2.24) is 0 Å². The molecule has 1 fully saturated rings. The summed E-state index contributed by atoms with van der Waals surface area (Å²) < 4.78 is 68.3. The smallest absolute Gasteiger partial charge is 0.416 e. The molecule has 1 heterocycles. The fourth-order valence-electron chi connectivity index (χ4n) is 3.03. The van der Waals surface area contributed by atoms with E-state index >= 15 is 0 Å². The normalized spacial score (nSPS) is 19.8. The zero-order valence-corrected chi connectivity index (χ0v) is 15.7. The van der Waals surface area contributed by atoms with E-state index in [1.165, 1.54) is 12.1 Å². The molecular weight excluding hydrogens is 392 g/mol. The Morgan fingerprint density at radius 1 is 1.10 bits per heavy atom. The summed E-state index contributed by atoms with van der Waals surface area (Å²) in [4.78, 5) is 12.2. The third-order valence-corrected chi connectivity index (χ3v) is 4.54.